The number of hydrogen-bond acceptors (Lipinski definition) is 4. The second kappa shape index (κ2) is 6.50. The second-order valence-electron chi connectivity index (χ2n) is 5.41. The van der Waals surface area contributed by atoms with Crippen LogP contribution in [0.5, 0.6) is 0 Å². The van der Waals surface area contributed by atoms with Crippen molar-refractivity contribution in [1.29, 1.82) is 0 Å². The Bertz CT molecular complexity index is 269. The van der Waals surface area contributed by atoms with Crippen LogP contribution < -0.4 is 5.32 Å². The highest BCUT2D eigenvalue weighted by molar-refractivity contribution is 5.76. The Hall–Kier alpha value is -0.650. The summed E-state index contributed by atoms with van der Waals surface area (Å²) in [5, 5.41) is 3.26. The minimum absolute atomic E-state index is 0.0642. The van der Waals surface area contributed by atoms with E-state index in [0.717, 1.165) is 45.9 Å². The number of morpholine rings is 1. The van der Waals surface area contributed by atoms with Crippen LogP contribution in [0.15, 0.2) is 0 Å². The van der Waals surface area contributed by atoms with E-state index in [9.17, 15) is 4.79 Å². The molecule has 0 radical (unpaired) electrons. The van der Waals surface area contributed by atoms with Crippen LogP contribution >= 0.6 is 0 Å². The molecule has 2 rings (SSSR count). The third-order valence-electron chi connectivity index (χ3n) is 3.80. The molecule has 0 saturated carbocycles. The van der Waals surface area contributed by atoms with Gasteiger partial charge in [-0.15, -0.1) is 0 Å². The molecule has 2 aliphatic rings. The van der Waals surface area contributed by atoms with Gasteiger partial charge in [-0.3, -0.25) is 9.69 Å². The summed E-state index contributed by atoms with van der Waals surface area (Å²) in [5.41, 5.74) is 0. The fraction of sp³-hybridized carbons (Fsp3) is 0.923. The van der Waals surface area contributed by atoms with Crippen LogP contribution in [0.25, 0.3) is 0 Å². The van der Waals surface area contributed by atoms with Crippen LogP contribution in [0.3, 0.4) is 0 Å². The summed E-state index contributed by atoms with van der Waals surface area (Å²) in [4.78, 5) is 16.5. The van der Waals surface area contributed by atoms with Gasteiger partial charge >= 0.3 is 0 Å². The molecule has 0 aromatic carbocycles. The molecule has 2 saturated heterocycles. The standard InChI is InChI=1S/C13H25N3O2/c1-11(2)15-4-6-16(7-5-15)13(17)9-12-10-14-3-8-18-12/h11-12,14H,3-10H2,1-2H3. The number of nitrogens with one attached hydrogen (secondary N) is 1. The molecule has 0 spiro atoms. The summed E-state index contributed by atoms with van der Waals surface area (Å²) >= 11 is 0. The number of carbonyl (C=O) groups excluding carboxylic acids is 1. The number of piperazine rings is 1. The Morgan fingerprint density at radius 1 is 1.33 bits per heavy atom. The van der Waals surface area contributed by atoms with Crippen LogP contribution in [0, 0.1) is 0 Å². The van der Waals surface area contributed by atoms with E-state index >= 15 is 0 Å². The molecule has 1 amide bonds. The first kappa shape index (κ1) is 13.8. The number of amides is 1. The van der Waals surface area contributed by atoms with Gasteiger partial charge in [0.2, 0.25) is 5.91 Å². The average molecular weight is 255 g/mol. The summed E-state index contributed by atoms with van der Waals surface area (Å²) in [6.07, 6.45) is 0.587. The predicted octanol–water partition coefficient (Wildman–Crippen LogP) is -0.0825. The minimum atomic E-state index is 0.0642. The van der Waals surface area contributed by atoms with Gasteiger partial charge in [0, 0.05) is 45.3 Å². The maximum atomic E-state index is 12.1. The van der Waals surface area contributed by atoms with Crippen LogP contribution in [-0.2, 0) is 9.53 Å². The van der Waals surface area contributed by atoms with Crippen LogP contribution in [0.1, 0.15) is 20.3 Å². The van der Waals surface area contributed by atoms with Gasteiger partial charge < -0.3 is 15.0 Å². The summed E-state index contributed by atoms with van der Waals surface area (Å²) < 4.78 is 5.58. The normalized spacial score (nSPS) is 26.6. The quantitative estimate of drug-likeness (QED) is 0.766. The van der Waals surface area contributed by atoms with Gasteiger partial charge in [0.15, 0.2) is 0 Å². The fourth-order valence-electron chi connectivity index (χ4n) is 2.56. The zero-order valence-electron chi connectivity index (χ0n) is 11.5. The molecule has 2 heterocycles. The smallest absolute Gasteiger partial charge is 0.225 e. The Morgan fingerprint density at radius 2 is 2.06 bits per heavy atom. The SMILES string of the molecule is CC(C)N1CCN(C(=O)CC2CNCCO2)CC1. The van der Waals surface area contributed by atoms with Crippen molar-refractivity contribution >= 4 is 5.91 Å². The second-order valence-corrected chi connectivity index (χ2v) is 5.41. The fourth-order valence-corrected chi connectivity index (χ4v) is 2.56. The minimum Gasteiger partial charge on any atom is -0.375 e. The first-order chi connectivity index (χ1) is 8.66. The molecule has 0 aliphatic carbocycles. The molecule has 1 atom stereocenters. The monoisotopic (exact) mass is 255 g/mol. The topological polar surface area (TPSA) is 44.8 Å². The van der Waals surface area contributed by atoms with Gasteiger partial charge in [0.25, 0.3) is 0 Å². The predicted molar refractivity (Wildman–Crippen MR) is 70.5 cm³/mol. The Labute approximate surface area is 109 Å². The van der Waals surface area contributed by atoms with E-state index in [0.29, 0.717) is 12.5 Å². The maximum Gasteiger partial charge on any atom is 0.225 e. The molecular weight excluding hydrogens is 230 g/mol. The van der Waals surface area contributed by atoms with E-state index in [1.54, 1.807) is 0 Å². The highest BCUT2D eigenvalue weighted by Gasteiger charge is 2.25. The van der Waals surface area contributed by atoms with Crippen molar-refractivity contribution in [1.82, 2.24) is 15.1 Å². The molecule has 1 N–H and O–H groups in total. The molecule has 5 nitrogen and oxygen atoms in total. The third kappa shape index (κ3) is 3.67. The van der Waals surface area contributed by atoms with Crippen LogP contribution in [0.2, 0.25) is 0 Å². The lowest BCUT2D eigenvalue weighted by Gasteiger charge is -2.37. The molecule has 2 aliphatic heterocycles. The Kier molecular flexibility index (Phi) is 4.97. The van der Waals surface area contributed by atoms with Gasteiger partial charge in [0.1, 0.15) is 0 Å². The summed E-state index contributed by atoms with van der Waals surface area (Å²) in [6.45, 7) is 10.5. The maximum absolute atomic E-state index is 12.1. The van der Waals surface area contributed by atoms with E-state index in [2.05, 4.69) is 24.1 Å². The van der Waals surface area contributed by atoms with E-state index < -0.39 is 0 Å². The number of carbonyl (C=O) groups is 1. The van der Waals surface area contributed by atoms with Crippen molar-refractivity contribution < 1.29 is 9.53 Å². The zero-order chi connectivity index (χ0) is 13.0. The Morgan fingerprint density at radius 3 is 2.61 bits per heavy atom. The van der Waals surface area contributed by atoms with Crippen LogP contribution in [-0.4, -0.2) is 73.7 Å². The third-order valence-corrected chi connectivity index (χ3v) is 3.80. The van der Waals surface area contributed by atoms with Crippen molar-refractivity contribution in [3.05, 3.63) is 0 Å². The van der Waals surface area contributed by atoms with E-state index in [-0.39, 0.29) is 12.0 Å². The largest absolute Gasteiger partial charge is 0.375 e. The van der Waals surface area contributed by atoms with E-state index in [1.165, 1.54) is 0 Å². The average Bonchev–Trinajstić information content (AvgIpc) is 2.40. The van der Waals surface area contributed by atoms with Crippen molar-refractivity contribution in [3.8, 4) is 0 Å². The van der Waals surface area contributed by atoms with Crippen molar-refractivity contribution in [3.63, 3.8) is 0 Å². The van der Waals surface area contributed by atoms with Gasteiger partial charge in [0.05, 0.1) is 19.1 Å². The summed E-state index contributed by atoms with van der Waals surface area (Å²) in [6, 6.07) is 0.577. The summed E-state index contributed by atoms with van der Waals surface area (Å²) in [5.74, 6) is 0.243. The van der Waals surface area contributed by atoms with Crippen molar-refractivity contribution in [2.45, 2.75) is 32.4 Å². The lowest BCUT2D eigenvalue weighted by atomic mass is 10.2. The highest BCUT2D eigenvalue weighted by atomic mass is 16.5. The van der Waals surface area contributed by atoms with E-state index in [4.69, 9.17) is 4.74 Å². The zero-order valence-corrected chi connectivity index (χ0v) is 11.5. The number of rotatable bonds is 3. The van der Waals surface area contributed by atoms with Crippen molar-refractivity contribution in [2.75, 3.05) is 45.9 Å². The lowest BCUT2D eigenvalue weighted by molar-refractivity contribution is -0.136. The molecule has 2 fully saturated rings. The molecule has 5 heteroatoms. The van der Waals surface area contributed by atoms with E-state index in [1.807, 2.05) is 4.90 Å². The molecular formula is C13H25N3O2. The molecule has 0 aromatic rings. The van der Waals surface area contributed by atoms with Gasteiger partial charge in [-0.25, -0.2) is 0 Å². The molecule has 0 bridgehead atoms. The number of ether oxygens (including phenoxy) is 1. The summed E-state index contributed by atoms with van der Waals surface area (Å²) in [7, 11) is 0. The number of nitrogens with zero attached hydrogens (tertiary/aromatic N) is 2. The molecule has 18 heavy (non-hydrogen) atoms. The first-order valence-corrected chi connectivity index (χ1v) is 7.01. The Balaban J connectivity index is 1.73. The lowest BCUT2D eigenvalue weighted by Crippen LogP contribution is -2.52. The molecule has 104 valence electrons. The first-order valence-electron chi connectivity index (χ1n) is 7.01. The van der Waals surface area contributed by atoms with Crippen LogP contribution in [0.4, 0.5) is 0 Å². The number of hydrogen-bond donors (Lipinski definition) is 1. The molecule has 1 unspecified atom stereocenters. The van der Waals surface area contributed by atoms with Gasteiger partial charge in [-0.05, 0) is 13.8 Å². The highest BCUT2D eigenvalue weighted by Crippen LogP contribution is 2.10. The van der Waals surface area contributed by atoms with Crippen molar-refractivity contribution in [2.24, 2.45) is 0 Å². The van der Waals surface area contributed by atoms with Gasteiger partial charge in [-0.2, -0.15) is 0 Å². The van der Waals surface area contributed by atoms with Gasteiger partial charge in [-0.1, -0.05) is 0 Å². The molecule has 0 aromatic heterocycles.